The molecule has 0 aliphatic heterocycles. The van der Waals surface area contributed by atoms with Gasteiger partial charge in [-0.25, -0.2) is 4.98 Å². The Labute approximate surface area is 102 Å². The first-order valence-electron chi connectivity index (χ1n) is 5.65. The fourth-order valence-corrected chi connectivity index (χ4v) is 2.68. The summed E-state index contributed by atoms with van der Waals surface area (Å²) in [4.78, 5) is 27.7. The number of ketones is 2. The minimum absolute atomic E-state index is 0.0183. The number of carbonyl (C=O) groups is 2. The fourth-order valence-electron chi connectivity index (χ4n) is 1.77. The average molecular weight is 245 g/mol. The van der Waals surface area contributed by atoms with Crippen LogP contribution in [0.2, 0.25) is 0 Å². The molecule has 1 aliphatic carbocycles. The van der Waals surface area contributed by atoms with E-state index >= 15 is 0 Å². The van der Waals surface area contributed by atoms with Gasteiger partial charge in [-0.15, -0.1) is 11.3 Å². The first kappa shape index (κ1) is 10.6. The van der Waals surface area contributed by atoms with Crippen LogP contribution in [0.5, 0.6) is 0 Å². The molecule has 3 rings (SSSR count). The molecule has 86 valence electrons. The minimum atomic E-state index is -0.136. The summed E-state index contributed by atoms with van der Waals surface area (Å²) in [5.41, 5.74) is 0.833. The zero-order valence-electron chi connectivity index (χ0n) is 9.18. The third-order valence-electron chi connectivity index (χ3n) is 2.90. The Morgan fingerprint density at radius 2 is 2.06 bits per heavy atom. The van der Waals surface area contributed by atoms with Crippen LogP contribution >= 0.6 is 11.3 Å². The Morgan fingerprint density at radius 1 is 1.29 bits per heavy atom. The van der Waals surface area contributed by atoms with Gasteiger partial charge in [-0.05, 0) is 25.0 Å². The number of aromatic nitrogens is 1. The van der Waals surface area contributed by atoms with Gasteiger partial charge in [0.2, 0.25) is 0 Å². The van der Waals surface area contributed by atoms with Crippen LogP contribution in [0.25, 0.3) is 10.2 Å². The smallest absolute Gasteiger partial charge is 0.198 e. The molecular formula is C13H11NO2S. The highest BCUT2D eigenvalue weighted by atomic mass is 32.1. The summed E-state index contributed by atoms with van der Waals surface area (Å²) in [6, 6.07) is 7.63. The summed E-state index contributed by atoms with van der Waals surface area (Å²) >= 11 is 1.37. The van der Waals surface area contributed by atoms with Crippen molar-refractivity contribution >= 4 is 33.1 Å². The Hall–Kier alpha value is -1.55. The Bertz CT molecular complexity index is 565. The van der Waals surface area contributed by atoms with E-state index in [4.69, 9.17) is 0 Å². The maximum atomic E-state index is 11.9. The number of nitrogens with zero attached hydrogens (tertiary/aromatic N) is 1. The van der Waals surface area contributed by atoms with Crippen molar-refractivity contribution in [1.29, 1.82) is 0 Å². The maximum Gasteiger partial charge on any atom is 0.198 e. The van der Waals surface area contributed by atoms with Crippen molar-refractivity contribution < 1.29 is 9.59 Å². The molecule has 1 aliphatic rings. The molecule has 0 unspecified atom stereocenters. The van der Waals surface area contributed by atoms with Crippen LogP contribution < -0.4 is 0 Å². The van der Waals surface area contributed by atoms with Gasteiger partial charge in [0, 0.05) is 5.92 Å². The van der Waals surface area contributed by atoms with Crippen molar-refractivity contribution in [3.8, 4) is 0 Å². The third-order valence-corrected chi connectivity index (χ3v) is 3.98. The van der Waals surface area contributed by atoms with Crippen LogP contribution in [0.15, 0.2) is 24.3 Å². The molecule has 4 heteroatoms. The molecule has 2 aromatic rings. The van der Waals surface area contributed by atoms with Gasteiger partial charge in [0.05, 0.1) is 16.6 Å². The van der Waals surface area contributed by atoms with Crippen LogP contribution in [0.1, 0.15) is 29.1 Å². The standard InChI is InChI=1S/C13H11NO2S/c15-10(8-5-6-8)7-11(16)13-14-9-3-1-2-4-12(9)17-13/h1-4,8H,5-7H2. The van der Waals surface area contributed by atoms with Crippen LogP contribution in [0, 0.1) is 5.92 Å². The van der Waals surface area contributed by atoms with E-state index < -0.39 is 0 Å². The van der Waals surface area contributed by atoms with Gasteiger partial charge in [-0.1, -0.05) is 12.1 Å². The van der Waals surface area contributed by atoms with E-state index in [1.165, 1.54) is 11.3 Å². The number of hydrogen-bond donors (Lipinski definition) is 0. The molecule has 17 heavy (non-hydrogen) atoms. The predicted molar refractivity (Wildman–Crippen MR) is 66.3 cm³/mol. The molecule has 1 fully saturated rings. The van der Waals surface area contributed by atoms with Crippen molar-refractivity contribution in [1.82, 2.24) is 4.98 Å². The lowest BCUT2D eigenvalue weighted by Gasteiger charge is -1.94. The first-order chi connectivity index (χ1) is 8.24. The highest BCUT2D eigenvalue weighted by molar-refractivity contribution is 7.20. The molecule has 0 saturated heterocycles. The maximum absolute atomic E-state index is 11.9. The predicted octanol–water partition coefficient (Wildman–Crippen LogP) is 2.85. The lowest BCUT2D eigenvalue weighted by molar-refractivity contribution is -0.119. The van der Waals surface area contributed by atoms with Crippen LogP contribution in [0.4, 0.5) is 0 Å². The molecule has 1 saturated carbocycles. The monoisotopic (exact) mass is 245 g/mol. The zero-order valence-corrected chi connectivity index (χ0v) is 10.00. The molecule has 0 spiro atoms. The van der Waals surface area contributed by atoms with E-state index in [0.29, 0.717) is 5.01 Å². The topological polar surface area (TPSA) is 47.0 Å². The normalized spacial score (nSPS) is 15.1. The van der Waals surface area contributed by atoms with Gasteiger partial charge in [-0.3, -0.25) is 9.59 Å². The number of carbonyl (C=O) groups excluding carboxylic acids is 2. The number of thiazole rings is 1. The van der Waals surface area contributed by atoms with Crippen molar-refractivity contribution in [3.05, 3.63) is 29.3 Å². The third kappa shape index (κ3) is 2.13. The Kier molecular flexibility index (Phi) is 2.52. The summed E-state index contributed by atoms with van der Waals surface area (Å²) in [6.07, 6.45) is 1.92. The van der Waals surface area contributed by atoms with E-state index in [2.05, 4.69) is 4.98 Å². The highest BCUT2D eigenvalue weighted by Crippen LogP contribution is 2.31. The molecule has 0 atom stereocenters. The SMILES string of the molecule is O=C(CC(=O)C1CC1)c1nc2ccccc2s1. The Morgan fingerprint density at radius 3 is 2.76 bits per heavy atom. The molecule has 1 aromatic heterocycles. The van der Waals surface area contributed by atoms with E-state index in [-0.39, 0.29) is 23.9 Å². The zero-order chi connectivity index (χ0) is 11.8. The molecule has 1 aromatic carbocycles. The van der Waals surface area contributed by atoms with Crippen LogP contribution in [0.3, 0.4) is 0 Å². The van der Waals surface area contributed by atoms with Crippen molar-refractivity contribution in [2.24, 2.45) is 5.92 Å². The lowest BCUT2D eigenvalue weighted by Crippen LogP contribution is -2.09. The van der Waals surface area contributed by atoms with Crippen molar-refractivity contribution in [2.45, 2.75) is 19.3 Å². The Balaban J connectivity index is 1.82. The number of fused-ring (bicyclic) bond motifs is 1. The van der Waals surface area contributed by atoms with Crippen LogP contribution in [-0.2, 0) is 4.79 Å². The van der Waals surface area contributed by atoms with Gasteiger partial charge in [0.1, 0.15) is 5.78 Å². The van der Waals surface area contributed by atoms with Gasteiger partial charge >= 0.3 is 0 Å². The van der Waals surface area contributed by atoms with Crippen molar-refractivity contribution in [2.75, 3.05) is 0 Å². The van der Waals surface area contributed by atoms with Gasteiger partial charge in [0.15, 0.2) is 10.8 Å². The number of Topliss-reactive ketones (excluding diaryl/α,β-unsaturated/α-hetero) is 2. The second-order valence-electron chi connectivity index (χ2n) is 4.33. The number of hydrogen-bond acceptors (Lipinski definition) is 4. The molecule has 0 amide bonds. The molecule has 0 bridgehead atoms. The number of para-hydroxylation sites is 1. The van der Waals surface area contributed by atoms with Crippen LogP contribution in [-0.4, -0.2) is 16.6 Å². The minimum Gasteiger partial charge on any atom is -0.299 e. The van der Waals surface area contributed by atoms with E-state index in [1.807, 2.05) is 24.3 Å². The molecule has 3 nitrogen and oxygen atoms in total. The van der Waals surface area contributed by atoms with Gasteiger partial charge < -0.3 is 0 Å². The summed E-state index contributed by atoms with van der Waals surface area (Å²) in [5, 5.41) is 0.459. The van der Waals surface area contributed by atoms with E-state index in [9.17, 15) is 9.59 Å². The number of benzene rings is 1. The summed E-state index contributed by atoms with van der Waals surface area (Å²) in [7, 11) is 0. The summed E-state index contributed by atoms with van der Waals surface area (Å²) in [6.45, 7) is 0. The highest BCUT2D eigenvalue weighted by Gasteiger charge is 2.31. The van der Waals surface area contributed by atoms with Gasteiger partial charge in [-0.2, -0.15) is 0 Å². The fraction of sp³-hybridized carbons (Fsp3) is 0.308. The molecule has 1 heterocycles. The quantitative estimate of drug-likeness (QED) is 0.614. The van der Waals surface area contributed by atoms with Gasteiger partial charge in [0.25, 0.3) is 0 Å². The summed E-state index contributed by atoms with van der Waals surface area (Å²) in [5.74, 6) is 0.0886. The van der Waals surface area contributed by atoms with E-state index in [1.54, 1.807) is 0 Å². The second kappa shape index (κ2) is 4.04. The largest absolute Gasteiger partial charge is 0.299 e. The molecule has 0 N–H and O–H groups in total. The van der Waals surface area contributed by atoms with Crippen molar-refractivity contribution in [3.63, 3.8) is 0 Å². The molecule has 0 radical (unpaired) electrons. The molecular weight excluding hydrogens is 234 g/mol. The lowest BCUT2D eigenvalue weighted by atomic mass is 10.1. The first-order valence-corrected chi connectivity index (χ1v) is 6.47. The number of rotatable bonds is 4. The van der Waals surface area contributed by atoms with E-state index in [0.717, 1.165) is 23.1 Å². The second-order valence-corrected chi connectivity index (χ2v) is 5.36. The average Bonchev–Trinajstić information content (AvgIpc) is 3.08. The summed E-state index contributed by atoms with van der Waals surface area (Å²) < 4.78 is 0.995.